The van der Waals surface area contributed by atoms with Crippen LogP contribution in [0.25, 0.3) is 11.2 Å². The van der Waals surface area contributed by atoms with Gasteiger partial charge in [-0.3, -0.25) is 0 Å². The van der Waals surface area contributed by atoms with Crippen molar-refractivity contribution in [1.29, 1.82) is 0 Å². The Bertz CT molecular complexity index is 984. The molecular weight excluding hydrogens is 354 g/mol. The van der Waals surface area contributed by atoms with E-state index in [1.807, 2.05) is 41.3 Å². The van der Waals surface area contributed by atoms with E-state index in [1.54, 1.807) is 13.3 Å². The second-order valence-corrected chi connectivity index (χ2v) is 7.00. The van der Waals surface area contributed by atoms with E-state index < -0.39 is 0 Å². The van der Waals surface area contributed by atoms with E-state index in [0.29, 0.717) is 13.1 Å². The van der Waals surface area contributed by atoms with Crippen molar-refractivity contribution in [3.8, 4) is 5.75 Å². The minimum Gasteiger partial charge on any atom is -0.497 e. The number of hydrogen-bond donors (Lipinski definition) is 1. The van der Waals surface area contributed by atoms with Crippen LogP contribution in [0, 0.1) is 0 Å². The van der Waals surface area contributed by atoms with Crippen molar-refractivity contribution in [3.63, 3.8) is 0 Å². The summed E-state index contributed by atoms with van der Waals surface area (Å²) in [6, 6.07) is 11.6. The summed E-state index contributed by atoms with van der Waals surface area (Å²) in [5, 5.41) is 3.01. The van der Waals surface area contributed by atoms with E-state index in [4.69, 9.17) is 9.72 Å². The Morgan fingerprint density at radius 2 is 2.21 bits per heavy atom. The second-order valence-electron chi connectivity index (χ2n) is 7.00. The van der Waals surface area contributed by atoms with Crippen LogP contribution >= 0.6 is 0 Å². The van der Waals surface area contributed by atoms with E-state index in [1.165, 1.54) is 0 Å². The monoisotopic (exact) mass is 379 g/mol. The highest BCUT2D eigenvalue weighted by molar-refractivity contribution is 5.75. The average Bonchev–Trinajstić information content (AvgIpc) is 3.36. The number of amides is 2. The lowest BCUT2D eigenvalue weighted by molar-refractivity contribution is 0.207. The van der Waals surface area contributed by atoms with Gasteiger partial charge in [-0.1, -0.05) is 12.1 Å². The number of benzene rings is 1. The number of rotatable bonds is 5. The summed E-state index contributed by atoms with van der Waals surface area (Å²) in [5.41, 5.74) is 2.85. The van der Waals surface area contributed by atoms with Crippen LogP contribution in [-0.4, -0.2) is 45.7 Å². The first-order valence-corrected chi connectivity index (χ1v) is 9.66. The fourth-order valence-electron chi connectivity index (χ4n) is 3.83. The fourth-order valence-corrected chi connectivity index (χ4v) is 3.83. The zero-order valence-corrected chi connectivity index (χ0v) is 16.3. The van der Waals surface area contributed by atoms with Crippen molar-refractivity contribution in [1.82, 2.24) is 24.8 Å². The third-order valence-electron chi connectivity index (χ3n) is 5.27. The van der Waals surface area contributed by atoms with E-state index in [9.17, 15) is 4.79 Å². The zero-order chi connectivity index (χ0) is 19.5. The molecule has 3 aromatic rings. The molecule has 1 atom stereocenters. The van der Waals surface area contributed by atoms with E-state index in [2.05, 4.69) is 21.8 Å². The highest BCUT2D eigenvalue weighted by Gasteiger charge is 2.30. The number of carbonyl (C=O) groups excluding carboxylic acids is 1. The van der Waals surface area contributed by atoms with Gasteiger partial charge in [0.05, 0.1) is 7.11 Å². The molecule has 0 bridgehead atoms. The number of pyridine rings is 1. The Hall–Kier alpha value is -3.09. The molecule has 1 fully saturated rings. The minimum absolute atomic E-state index is 0.0393. The van der Waals surface area contributed by atoms with Gasteiger partial charge in [0.25, 0.3) is 0 Å². The van der Waals surface area contributed by atoms with Crippen molar-refractivity contribution in [2.24, 2.45) is 0 Å². The van der Waals surface area contributed by atoms with Crippen molar-refractivity contribution >= 4 is 17.2 Å². The molecular formula is C21H25N5O2. The standard InChI is InChI=1S/C21H25N5O2/c1-3-26-19(24-18-8-5-10-22-20(18)26)16-9-11-25(14-16)21(27)23-13-15-6-4-7-17(12-15)28-2/h4-8,10,12,16H,3,9,11,13-14H2,1-2H3,(H,23,27)/t16-/m1/s1. The summed E-state index contributed by atoms with van der Waals surface area (Å²) in [6.45, 7) is 4.81. The van der Waals surface area contributed by atoms with E-state index >= 15 is 0 Å². The first kappa shape index (κ1) is 18.3. The van der Waals surface area contributed by atoms with Crippen LogP contribution in [0.4, 0.5) is 4.79 Å². The SMILES string of the molecule is CCn1c([C@@H]2CCN(C(=O)NCc3cccc(OC)c3)C2)nc2cccnc21. The molecule has 2 amide bonds. The number of urea groups is 1. The second kappa shape index (κ2) is 7.88. The molecule has 1 N–H and O–H groups in total. The Morgan fingerprint density at radius 1 is 1.32 bits per heavy atom. The van der Waals surface area contributed by atoms with Crippen LogP contribution in [-0.2, 0) is 13.1 Å². The maximum Gasteiger partial charge on any atom is 0.317 e. The van der Waals surface area contributed by atoms with Crippen LogP contribution < -0.4 is 10.1 Å². The van der Waals surface area contributed by atoms with Crippen LogP contribution in [0.1, 0.15) is 30.7 Å². The molecule has 0 unspecified atom stereocenters. The summed E-state index contributed by atoms with van der Waals surface area (Å²) < 4.78 is 7.40. The van der Waals surface area contributed by atoms with Gasteiger partial charge in [-0.2, -0.15) is 0 Å². The quantitative estimate of drug-likeness (QED) is 0.739. The van der Waals surface area contributed by atoms with Crippen molar-refractivity contribution in [3.05, 3.63) is 54.0 Å². The summed E-state index contributed by atoms with van der Waals surface area (Å²) in [4.78, 5) is 23.8. The number of fused-ring (bicyclic) bond motifs is 1. The number of hydrogen-bond acceptors (Lipinski definition) is 4. The largest absolute Gasteiger partial charge is 0.497 e. The molecule has 1 aliphatic rings. The molecule has 1 aromatic carbocycles. The first-order valence-electron chi connectivity index (χ1n) is 9.66. The highest BCUT2D eigenvalue weighted by atomic mass is 16.5. The Balaban J connectivity index is 1.42. The van der Waals surface area contributed by atoms with Crippen LogP contribution in [0.3, 0.4) is 0 Å². The number of ether oxygens (including phenoxy) is 1. The summed E-state index contributed by atoms with van der Waals surface area (Å²) in [7, 11) is 1.64. The van der Waals surface area contributed by atoms with Gasteiger partial charge in [0.1, 0.15) is 17.1 Å². The molecule has 28 heavy (non-hydrogen) atoms. The molecule has 0 spiro atoms. The van der Waals surface area contributed by atoms with Gasteiger partial charge in [-0.05, 0) is 43.2 Å². The summed E-state index contributed by atoms with van der Waals surface area (Å²) >= 11 is 0. The molecule has 0 saturated carbocycles. The third kappa shape index (κ3) is 3.52. The van der Waals surface area contributed by atoms with Crippen molar-refractivity contribution < 1.29 is 9.53 Å². The molecule has 1 aliphatic heterocycles. The molecule has 1 saturated heterocycles. The lowest BCUT2D eigenvalue weighted by Crippen LogP contribution is -2.38. The third-order valence-corrected chi connectivity index (χ3v) is 5.27. The molecule has 4 rings (SSSR count). The molecule has 0 radical (unpaired) electrons. The van der Waals surface area contributed by atoms with Crippen LogP contribution in [0.2, 0.25) is 0 Å². The average molecular weight is 379 g/mol. The van der Waals surface area contributed by atoms with Gasteiger partial charge in [0.15, 0.2) is 5.65 Å². The summed E-state index contributed by atoms with van der Waals surface area (Å²) in [6.07, 6.45) is 2.71. The van der Waals surface area contributed by atoms with E-state index in [-0.39, 0.29) is 11.9 Å². The van der Waals surface area contributed by atoms with Crippen molar-refractivity contribution in [2.45, 2.75) is 32.4 Å². The fraction of sp³-hybridized carbons (Fsp3) is 0.381. The Morgan fingerprint density at radius 3 is 3.04 bits per heavy atom. The van der Waals surface area contributed by atoms with Gasteiger partial charge in [-0.25, -0.2) is 14.8 Å². The number of aromatic nitrogens is 3. The molecule has 146 valence electrons. The number of methoxy groups -OCH3 is 1. The maximum absolute atomic E-state index is 12.6. The smallest absolute Gasteiger partial charge is 0.317 e. The zero-order valence-electron chi connectivity index (χ0n) is 16.3. The normalized spacial score (nSPS) is 16.5. The number of nitrogens with one attached hydrogen (secondary N) is 1. The van der Waals surface area contributed by atoms with Gasteiger partial charge < -0.3 is 19.5 Å². The number of nitrogens with zero attached hydrogens (tertiary/aromatic N) is 4. The highest BCUT2D eigenvalue weighted by Crippen LogP contribution is 2.29. The van der Waals surface area contributed by atoms with Gasteiger partial charge in [0.2, 0.25) is 0 Å². The summed E-state index contributed by atoms with van der Waals surface area (Å²) in [5.74, 6) is 2.05. The number of likely N-dealkylation sites (tertiary alicyclic amines) is 1. The molecule has 3 heterocycles. The molecule has 7 heteroatoms. The molecule has 7 nitrogen and oxygen atoms in total. The van der Waals surface area contributed by atoms with Crippen molar-refractivity contribution in [2.75, 3.05) is 20.2 Å². The molecule has 0 aliphatic carbocycles. The number of imidazole rings is 1. The lowest BCUT2D eigenvalue weighted by atomic mass is 10.1. The molecule has 2 aromatic heterocycles. The van der Waals surface area contributed by atoms with Crippen LogP contribution in [0.15, 0.2) is 42.6 Å². The Labute approximate surface area is 164 Å². The van der Waals surface area contributed by atoms with Gasteiger partial charge >= 0.3 is 6.03 Å². The maximum atomic E-state index is 12.6. The lowest BCUT2D eigenvalue weighted by Gasteiger charge is -2.18. The van der Waals surface area contributed by atoms with E-state index in [0.717, 1.165) is 47.8 Å². The van der Waals surface area contributed by atoms with Gasteiger partial charge in [-0.15, -0.1) is 0 Å². The van der Waals surface area contributed by atoms with Gasteiger partial charge in [0, 0.05) is 38.3 Å². The number of aryl methyl sites for hydroxylation is 1. The minimum atomic E-state index is -0.0393. The topological polar surface area (TPSA) is 72.3 Å². The first-order chi connectivity index (χ1) is 13.7. The Kier molecular flexibility index (Phi) is 5.14. The van der Waals surface area contributed by atoms with Crippen LogP contribution in [0.5, 0.6) is 5.75 Å². The predicted molar refractivity (Wildman–Crippen MR) is 107 cm³/mol. The predicted octanol–water partition coefficient (Wildman–Crippen LogP) is 3.16. The number of carbonyl (C=O) groups is 1.